The number of hydrogen-bond donors (Lipinski definition) is 1. The van der Waals surface area contributed by atoms with E-state index in [0.717, 1.165) is 49.1 Å². The van der Waals surface area contributed by atoms with Crippen LogP contribution in [-0.4, -0.2) is 36.3 Å². The van der Waals surface area contributed by atoms with Gasteiger partial charge in [-0.15, -0.1) is 11.3 Å². The zero-order valence-electron chi connectivity index (χ0n) is 20.8. The predicted octanol–water partition coefficient (Wildman–Crippen LogP) is 5.58. The van der Waals surface area contributed by atoms with Crippen molar-refractivity contribution in [1.82, 2.24) is 10.2 Å². The van der Waals surface area contributed by atoms with E-state index in [1.807, 2.05) is 22.4 Å². The fourth-order valence-corrected chi connectivity index (χ4v) is 6.02. The lowest BCUT2D eigenvalue weighted by atomic mass is 9.69. The first-order valence-electron chi connectivity index (χ1n) is 12.9. The van der Waals surface area contributed by atoms with Crippen LogP contribution in [0.3, 0.4) is 0 Å². The fraction of sp³-hybridized carbons (Fsp3) is 0.667. The van der Waals surface area contributed by atoms with Gasteiger partial charge in [-0.05, 0) is 43.6 Å². The standard InChI is InChI=1S/C27H40N2O4S/c1-3-4-5-6-7-11-16-29-23-14-9-8-10-15-27(23,26(32)33-2)19-21(25(29)31)18-24(30)28-20-22-13-12-17-34-22/h12-14,17,21H,3-11,15-16,18-20H2,1-2H3,(H,28,30)/t21-,27+/m1/s1. The third kappa shape index (κ3) is 6.49. The summed E-state index contributed by atoms with van der Waals surface area (Å²) in [6.07, 6.45) is 12.8. The monoisotopic (exact) mass is 488 g/mol. The van der Waals surface area contributed by atoms with Gasteiger partial charge in [-0.1, -0.05) is 57.6 Å². The van der Waals surface area contributed by atoms with Crippen LogP contribution in [0.4, 0.5) is 0 Å². The molecule has 34 heavy (non-hydrogen) atoms. The summed E-state index contributed by atoms with van der Waals surface area (Å²) < 4.78 is 5.29. The Labute approximate surface area is 208 Å². The average Bonchev–Trinajstić information content (AvgIpc) is 3.27. The van der Waals surface area contributed by atoms with Crippen LogP contribution in [0.25, 0.3) is 0 Å². The summed E-state index contributed by atoms with van der Waals surface area (Å²) in [7, 11) is 1.43. The van der Waals surface area contributed by atoms with Gasteiger partial charge in [0.15, 0.2) is 0 Å². The fourth-order valence-electron chi connectivity index (χ4n) is 5.38. The summed E-state index contributed by atoms with van der Waals surface area (Å²) in [6.45, 7) is 3.27. The van der Waals surface area contributed by atoms with E-state index in [4.69, 9.17) is 4.74 Å². The molecule has 3 rings (SSSR count). The number of thiophene rings is 1. The van der Waals surface area contributed by atoms with Crippen molar-refractivity contribution in [2.75, 3.05) is 13.7 Å². The second-order valence-corrected chi connectivity index (χ2v) is 10.7. The third-order valence-electron chi connectivity index (χ3n) is 7.17. The van der Waals surface area contributed by atoms with Crippen LogP contribution in [0.1, 0.15) is 88.9 Å². The van der Waals surface area contributed by atoms with Crippen molar-refractivity contribution in [2.24, 2.45) is 11.3 Å². The molecule has 0 radical (unpaired) electrons. The minimum atomic E-state index is -0.833. The van der Waals surface area contributed by atoms with E-state index in [0.29, 0.717) is 25.9 Å². The van der Waals surface area contributed by atoms with Gasteiger partial charge in [0.2, 0.25) is 11.8 Å². The molecule has 1 aromatic rings. The molecule has 188 valence electrons. The highest BCUT2D eigenvalue weighted by atomic mass is 32.1. The molecule has 2 amide bonds. The predicted molar refractivity (Wildman–Crippen MR) is 135 cm³/mol. The van der Waals surface area contributed by atoms with Crippen LogP contribution in [0, 0.1) is 11.3 Å². The number of rotatable bonds is 12. The van der Waals surface area contributed by atoms with Gasteiger partial charge in [0.05, 0.1) is 13.7 Å². The summed E-state index contributed by atoms with van der Waals surface area (Å²) in [4.78, 5) is 42.5. The summed E-state index contributed by atoms with van der Waals surface area (Å²) in [5, 5.41) is 4.93. The largest absolute Gasteiger partial charge is 0.468 e. The van der Waals surface area contributed by atoms with Gasteiger partial charge in [0.25, 0.3) is 0 Å². The van der Waals surface area contributed by atoms with Gasteiger partial charge in [0.1, 0.15) is 5.41 Å². The molecule has 0 saturated carbocycles. The third-order valence-corrected chi connectivity index (χ3v) is 8.05. The lowest BCUT2D eigenvalue weighted by molar-refractivity contribution is -0.159. The molecule has 1 fully saturated rings. The molecule has 2 aliphatic rings. The number of ether oxygens (including phenoxy) is 1. The van der Waals surface area contributed by atoms with E-state index in [9.17, 15) is 14.4 Å². The van der Waals surface area contributed by atoms with Crippen LogP contribution in [0.5, 0.6) is 0 Å². The molecule has 1 aliphatic heterocycles. The number of nitrogens with zero attached hydrogens (tertiary/aromatic N) is 1. The number of methoxy groups -OCH3 is 1. The Morgan fingerprint density at radius 3 is 2.74 bits per heavy atom. The lowest BCUT2D eigenvalue weighted by Gasteiger charge is -2.46. The zero-order chi connectivity index (χ0) is 24.4. The molecular formula is C27H40N2O4S. The van der Waals surface area contributed by atoms with Crippen LogP contribution in [-0.2, 0) is 25.7 Å². The van der Waals surface area contributed by atoms with Crippen LogP contribution in [0.15, 0.2) is 29.3 Å². The highest BCUT2D eigenvalue weighted by Gasteiger charge is 2.53. The quantitative estimate of drug-likeness (QED) is 0.308. The number of unbranched alkanes of at least 4 members (excludes halogenated alkanes) is 5. The molecule has 2 heterocycles. The van der Waals surface area contributed by atoms with Crippen molar-refractivity contribution in [3.8, 4) is 0 Å². The van der Waals surface area contributed by atoms with Gasteiger partial charge in [-0.25, -0.2) is 0 Å². The molecule has 1 saturated heterocycles. The van der Waals surface area contributed by atoms with Crippen LogP contribution < -0.4 is 5.32 Å². The second kappa shape index (κ2) is 13.1. The first-order valence-corrected chi connectivity index (χ1v) is 13.8. The molecule has 2 atom stereocenters. The summed E-state index contributed by atoms with van der Waals surface area (Å²) >= 11 is 1.59. The molecular weight excluding hydrogens is 448 g/mol. The van der Waals surface area contributed by atoms with E-state index in [1.165, 1.54) is 26.4 Å². The molecule has 7 heteroatoms. The smallest absolute Gasteiger partial charge is 0.317 e. The zero-order valence-corrected chi connectivity index (χ0v) is 21.6. The van der Waals surface area contributed by atoms with Gasteiger partial charge < -0.3 is 15.0 Å². The number of nitrogens with one attached hydrogen (secondary N) is 1. The van der Waals surface area contributed by atoms with Crippen LogP contribution >= 0.6 is 11.3 Å². The molecule has 0 aromatic carbocycles. The Morgan fingerprint density at radius 2 is 2.00 bits per heavy atom. The van der Waals surface area contributed by atoms with Crippen molar-refractivity contribution in [3.05, 3.63) is 34.2 Å². The van der Waals surface area contributed by atoms with Crippen LogP contribution in [0.2, 0.25) is 0 Å². The molecule has 0 bridgehead atoms. The first-order chi connectivity index (χ1) is 16.5. The number of fused-ring (bicyclic) bond motifs is 1. The summed E-state index contributed by atoms with van der Waals surface area (Å²) in [5.41, 5.74) is -0.00859. The van der Waals surface area contributed by atoms with E-state index in [1.54, 1.807) is 11.3 Å². The van der Waals surface area contributed by atoms with Crippen molar-refractivity contribution >= 4 is 29.1 Å². The van der Waals surface area contributed by atoms with Gasteiger partial charge in [-0.3, -0.25) is 14.4 Å². The normalized spacial score (nSPS) is 22.5. The van der Waals surface area contributed by atoms with Gasteiger partial charge in [-0.2, -0.15) is 0 Å². The van der Waals surface area contributed by atoms with Gasteiger partial charge >= 0.3 is 5.97 Å². The van der Waals surface area contributed by atoms with Crippen molar-refractivity contribution in [1.29, 1.82) is 0 Å². The maximum absolute atomic E-state index is 13.6. The Balaban J connectivity index is 1.76. The highest BCUT2D eigenvalue weighted by Crippen LogP contribution is 2.49. The Morgan fingerprint density at radius 1 is 1.21 bits per heavy atom. The average molecular weight is 489 g/mol. The second-order valence-electron chi connectivity index (χ2n) is 9.63. The number of piperidine rings is 1. The van der Waals surface area contributed by atoms with E-state index >= 15 is 0 Å². The Hall–Kier alpha value is -2.15. The number of hydrogen-bond acceptors (Lipinski definition) is 5. The van der Waals surface area contributed by atoms with E-state index in [2.05, 4.69) is 18.3 Å². The van der Waals surface area contributed by atoms with Crippen molar-refractivity contribution < 1.29 is 19.1 Å². The SMILES string of the molecule is CCCCCCCCN1C(=O)[C@H](CC(=O)NCc2cccs2)C[C@@]2(C(=O)OC)CCCCC=C12. The van der Waals surface area contributed by atoms with E-state index in [-0.39, 0.29) is 24.2 Å². The number of amides is 2. The molecule has 1 N–H and O–H groups in total. The lowest BCUT2D eigenvalue weighted by Crippen LogP contribution is -2.53. The van der Waals surface area contributed by atoms with Crippen molar-refractivity contribution in [2.45, 2.75) is 90.5 Å². The van der Waals surface area contributed by atoms with E-state index < -0.39 is 11.3 Å². The molecule has 1 aromatic heterocycles. The number of allylic oxidation sites excluding steroid dienone is 1. The number of carbonyl (C=O) groups is 3. The topological polar surface area (TPSA) is 75.7 Å². The summed E-state index contributed by atoms with van der Waals surface area (Å²) in [5.74, 6) is -0.956. The highest BCUT2D eigenvalue weighted by molar-refractivity contribution is 7.09. The molecule has 6 nitrogen and oxygen atoms in total. The Kier molecular flexibility index (Phi) is 10.2. The molecule has 0 unspecified atom stereocenters. The van der Waals surface area contributed by atoms with Crippen molar-refractivity contribution in [3.63, 3.8) is 0 Å². The van der Waals surface area contributed by atoms with Gasteiger partial charge in [0, 0.05) is 29.5 Å². The maximum Gasteiger partial charge on any atom is 0.317 e. The molecule has 0 spiro atoms. The minimum Gasteiger partial charge on any atom is -0.468 e. The molecule has 1 aliphatic carbocycles. The minimum absolute atomic E-state index is 0.0208. The first kappa shape index (κ1) is 26.5. The maximum atomic E-state index is 13.6. The number of carbonyl (C=O) groups excluding carboxylic acids is 3. The number of likely N-dealkylation sites (tertiary alicyclic amines) is 1. The summed E-state index contributed by atoms with van der Waals surface area (Å²) in [6, 6.07) is 3.94. The number of esters is 1. The Bertz CT molecular complexity index is 851.